The van der Waals surface area contributed by atoms with E-state index in [9.17, 15) is 8.42 Å². The van der Waals surface area contributed by atoms with Crippen LogP contribution in [0, 0.1) is 0 Å². The number of oxime groups is 1. The van der Waals surface area contributed by atoms with E-state index in [0.717, 1.165) is 57.8 Å². The number of nitrogens with zero attached hydrogens (tertiary/aromatic N) is 2. The molecule has 0 rings (SSSR count). The maximum Gasteiger partial charge on any atom is 0.447 e. The first kappa shape index (κ1) is 34.9. The van der Waals surface area contributed by atoms with Gasteiger partial charge >= 0.3 is 9.74 Å². The van der Waals surface area contributed by atoms with E-state index in [1.165, 1.54) is 57.8 Å². The van der Waals surface area contributed by atoms with E-state index >= 15 is 0 Å². The summed E-state index contributed by atoms with van der Waals surface area (Å²) in [6, 6.07) is 0. The van der Waals surface area contributed by atoms with Gasteiger partial charge in [0.1, 0.15) is 0 Å². The van der Waals surface area contributed by atoms with Crippen LogP contribution in [0.5, 0.6) is 0 Å². The number of nitrogens with two attached hydrogens (primary N) is 3. The van der Waals surface area contributed by atoms with E-state index in [-0.39, 0.29) is 11.9 Å². The van der Waals surface area contributed by atoms with E-state index in [1.54, 1.807) is 0 Å². The van der Waals surface area contributed by atoms with Crippen molar-refractivity contribution in [2.45, 2.75) is 136 Å². The molecule has 0 aromatic carbocycles. The molecule has 6 N–H and O–H groups in total. The summed E-state index contributed by atoms with van der Waals surface area (Å²) >= 11 is 0. The van der Waals surface area contributed by atoms with Gasteiger partial charge in [0, 0.05) is 0 Å². The van der Waals surface area contributed by atoms with Crippen LogP contribution in [0.15, 0.2) is 10.1 Å². The molecule has 0 unspecified atom stereocenters. The topological polar surface area (TPSA) is 146 Å². The third-order valence-electron chi connectivity index (χ3n) is 6.70. The van der Waals surface area contributed by atoms with Crippen molar-refractivity contribution in [2.75, 3.05) is 18.5 Å². The standard InChI is InChI=1S/C26H57N5O3PS/c1-4-7-10-13-16-19-22-35(23-20-17-14-11-8-5-2,24-21-18-15-12-9-6-3)36(32,33)34-31-26(29)30-25(27)28/h4-24H2,1-3H3,(H6,27,28,29,30,31)/q+1. The van der Waals surface area contributed by atoms with Gasteiger partial charge in [0.2, 0.25) is 0 Å². The van der Waals surface area contributed by atoms with Gasteiger partial charge in [-0.3, -0.25) is 0 Å². The second kappa shape index (κ2) is 22.0. The van der Waals surface area contributed by atoms with Crippen LogP contribution in [0.25, 0.3) is 0 Å². The smallest absolute Gasteiger partial charge is 0.370 e. The van der Waals surface area contributed by atoms with Crippen molar-refractivity contribution in [1.29, 1.82) is 0 Å². The first-order chi connectivity index (χ1) is 17.2. The van der Waals surface area contributed by atoms with Crippen LogP contribution in [0.3, 0.4) is 0 Å². The molecule has 36 heavy (non-hydrogen) atoms. The second-order valence-corrected chi connectivity index (χ2v) is 18.1. The van der Waals surface area contributed by atoms with Gasteiger partial charge in [-0.1, -0.05) is 97.8 Å². The molecule has 0 amide bonds. The van der Waals surface area contributed by atoms with Crippen LogP contribution >= 0.6 is 6.46 Å². The van der Waals surface area contributed by atoms with Gasteiger partial charge < -0.3 is 17.2 Å². The molecule has 0 fully saturated rings. The molecule has 8 nitrogen and oxygen atoms in total. The summed E-state index contributed by atoms with van der Waals surface area (Å²) in [6.45, 7) is 4.13. The summed E-state index contributed by atoms with van der Waals surface area (Å²) in [4.78, 5) is 3.60. The summed E-state index contributed by atoms with van der Waals surface area (Å²) in [6.07, 6.45) is 22.4. The van der Waals surface area contributed by atoms with Crippen LogP contribution in [0.2, 0.25) is 0 Å². The fourth-order valence-corrected chi connectivity index (χ4v) is 12.3. The number of hydrogen-bond donors (Lipinski definition) is 3. The zero-order chi connectivity index (χ0) is 27.1. The maximum absolute atomic E-state index is 13.7. The number of rotatable bonds is 24. The minimum atomic E-state index is -3.91. The first-order valence-corrected chi connectivity index (χ1v) is 18.8. The van der Waals surface area contributed by atoms with Crippen molar-refractivity contribution in [3.8, 4) is 0 Å². The Morgan fingerprint density at radius 2 is 0.944 bits per heavy atom. The third kappa shape index (κ3) is 16.6. The van der Waals surface area contributed by atoms with Crippen molar-refractivity contribution < 1.29 is 12.7 Å². The van der Waals surface area contributed by atoms with Crippen molar-refractivity contribution >= 4 is 28.1 Å². The lowest BCUT2D eigenvalue weighted by molar-refractivity contribution is 0.348. The number of hydrogen-bond acceptors (Lipinski definition) is 4. The summed E-state index contributed by atoms with van der Waals surface area (Å²) in [5.74, 6) is -0.667. The predicted molar refractivity (Wildman–Crippen MR) is 159 cm³/mol. The molecule has 0 saturated heterocycles. The summed E-state index contributed by atoms with van der Waals surface area (Å²) in [7, 11) is -3.91. The van der Waals surface area contributed by atoms with Crippen molar-refractivity contribution in [3.63, 3.8) is 0 Å². The van der Waals surface area contributed by atoms with Crippen molar-refractivity contribution in [2.24, 2.45) is 27.3 Å². The van der Waals surface area contributed by atoms with Crippen LogP contribution < -0.4 is 17.2 Å². The van der Waals surface area contributed by atoms with Crippen LogP contribution in [-0.4, -0.2) is 38.8 Å². The highest BCUT2D eigenvalue weighted by Gasteiger charge is 2.52. The molecule has 0 spiro atoms. The van der Waals surface area contributed by atoms with E-state index in [0.29, 0.717) is 18.5 Å². The van der Waals surface area contributed by atoms with Gasteiger partial charge in [-0.2, -0.15) is 4.99 Å². The number of aliphatic imine (C=N–C) groups is 1. The van der Waals surface area contributed by atoms with E-state index in [4.69, 9.17) is 21.5 Å². The molecule has 0 aliphatic carbocycles. The Balaban J connectivity index is 5.59. The molecular weight excluding hydrogens is 493 g/mol. The quantitative estimate of drug-likeness (QED) is 0.0394. The Kier molecular flexibility index (Phi) is 21.3. The molecule has 0 aliphatic heterocycles. The van der Waals surface area contributed by atoms with Crippen LogP contribution in [0.4, 0.5) is 0 Å². The Morgan fingerprint density at radius 3 is 1.28 bits per heavy atom. The Bertz CT molecular complexity index is 657. The molecule has 0 radical (unpaired) electrons. The van der Waals surface area contributed by atoms with Gasteiger partial charge in [0.05, 0.1) is 18.5 Å². The van der Waals surface area contributed by atoms with Crippen LogP contribution in [-0.2, 0) is 14.0 Å². The molecule has 0 bridgehead atoms. The summed E-state index contributed by atoms with van der Waals surface area (Å²) in [5, 5.41) is 3.59. The first-order valence-electron chi connectivity index (χ1n) is 14.5. The largest absolute Gasteiger partial charge is 0.447 e. The normalized spacial score (nSPS) is 12.6. The molecule has 0 atom stereocenters. The minimum Gasteiger partial charge on any atom is -0.370 e. The predicted octanol–water partition coefficient (Wildman–Crippen LogP) is 6.85. The van der Waals surface area contributed by atoms with Gasteiger partial charge in [-0.25, -0.2) is 4.28 Å². The number of guanidine groups is 2. The molecular formula is C26H57N5O3PS+. The average molecular weight is 551 g/mol. The molecule has 0 aliphatic rings. The Morgan fingerprint density at radius 1 is 0.611 bits per heavy atom. The Labute approximate surface area is 222 Å². The third-order valence-corrected chi connectivity index (χ3v) is 16.0. The SMILES string of the molecule is CCCCCCCC[P+](CCCCCCCC)(CCCCCCCC)S(=O)(=O)ON=C(N)N=C(N)N. The summed E-state index contributed by atoms with van der Waals surface area (Å²) < 4.78 is 32.6. The van der Waals surface area contributed by atoms with Crippen LogP contribution in [0.1, 0.15) is 136 Å². The van der Waals surface area contributed by atoms with Crippen molar-refractivity contribution in [3.05, 3.63) is 0 Å². The monoisotopic (exact) mass is 550 g/mol. The van der Waals surface area contributed by atoms with E-state index < -0.39 is 16.2 Å². The molecule has 0 saturated carbocycles. The lowest BCUT2D eigenvalue weighted by Gasteiger charge is -2.24. The van der Waals surface area contributed by atoms with E-state index in [2.05, 4.69) is 30.9 Å². The fraction of sp³-hybridized carbons (Fsp3) is 0.923. The molecule has 0 heterocycles. The second-order valence-electron chi connectivity index (χ2n) is 10.0. The maximum atomic E-state index is 13.7. The lowest BCUT2D eigenvalue weighted by atomic mass is 10.1. The fourth-order valence-electron chi connectivity index (χ4n) is 4.52. The lowest BCUT2D eigenvalue weighted by Crippen LogP contribution is -2.27. The Hall–Kier alpha value is -1.08. The van der Waals surface area contributed by atoms with Gasteiger partial charge in [0.25, 0.3) is 5.96 Å². The number of unbranched alkanes of at least 4 members (excludes halogenated alkanes) is 15. The van der Waals surface area contributed by atoms with E-state index in [1.807, 2.05) is 0 Å². The highest BCUT2D eigenvalue weighted by Crippen LogP contribution is 2.67. The molecule has 0 aromatic heterocycles. The van der Waals surface area contributed by atoms with Gasteiger partial charge in [-0.15, -0.1) is 8.42 Å². The van der Waals surface area contributed by atoms with Crippen molar-refractivity contribution in [1.82, 2.24) is 0 Å². The zero-order valence-electron chi connectivity index (χ0n) is 23.6. The highest BCUT2D eigenvalue weighted by atomic mass is 32.8. The summed E-state index contributed by atoms with van der Waals surface area (Å²) in [5.41, 5.74) is 16.3. The highest BCUT2D eigenvalue weighted by molar-refractivity contribution is 8.55. The molecule has 0 aromatic rings. The minimum absolute atomic E-state index is 0.287. The zero-order valence-corrected chi connectivity index (χ0v) is 25.3. The van der Waals surface area contributed by atoms with Gasteiger partial charge in [0.15, 0.2) is 12.4 Å². The molecule has 10 heteroatoms. The average Bonchev–Trinajstić information content (AvgIpc) is 2.83. The molecule has 214 valence electrons. The van der Waals surface area contributed by atoms with Gasteiger partial charge in [-0.05, 0) is 43.7 Å².